The number of fused-ring (bicyclic) bond motifs is 1. The van der Waals surface area contributed by atoms with Gasteiger partial charge in [0, 0.05) is 17.1 Å². The van der Waals surface area contributed by atoms with Gasteiger partial charge in [-0.1, -0.05) is 0 Å². The van der Waals surface area contributed by atoms with Crippen molar-refractivity contribution in [3.05, 3.63) is 38.1 Å². The molecule has 0 spiro atoms. The fourth-order valence-corrected chi connectivity index (χ4v) is 3.08. The van der Waals surface area contributed by atoms with Crippen LogP contribution in [0.2, 0.25) is 0 Å². The summed E-state index contributed by atoms with van der Waals surface area (Å²) >= 11 is 3.74. The summed E-state index contributed by atoms with van der Waals surface area (Å²) in [6, 6.07) is 7.26. The van der Waals surface area contributed by atoms with Gasteiger partial charge in [0.05, 0.1) is 8.45 Å². The summed E-state index contributed by atoms with van der Waals surface area (Å²) in [7, 11) is 0. The van der Waals surface area contributed by atoms with Gasteiger partial charge in [-0.2, -0.15) is 0 Å². The zero-order chi connectivity index (χ0) is 13.2. The third-order valence-corrected chi connectivity index (χ3v) is 4.42. The van der Waals surface area contributed by atoms with Crippen molar-refractivity contribution in [2.24, 2.45) is 0 Å². The number of benzene rings is 1. The van der Waals surface area contributed by atoms with Crippen molar-refractivity contribution in [1.82, 2.24) is 0 Å². The lowest BCUT2D eigenvalue weighted by molar-refractivity contribution is 0.102. The molecule has 0 unspecified atom stereocenters. The first-order valence-electron chi connectivity index (χ1n) is 5.67. The molecule has 0 aliphatic carbocycles. The van der Waals surface area contributed by atoms with E-state index in [1.165, 1.54) is 0 Å². The van der Waals surface area contributed by atoms with Crippen LogP contribution in [-0.4, -0.2) is 19.1 Å². The van der Waals surface area contributed by atoms with Crippen molar-refractivity contribution in [2.45, 2.75) is 0 Å². The lowest BCUT2D eigenvalue weighted by atomic mass is 10.2. The van der Waals surface area contributed by atoms with Crippen molar-refractivity contribution in [3.63, 3.8) is 0 Å². The van der Waals surface area contributed by atoms with Gasteiger partial charge < -0.3 is 14.8 Å². The number of anilines is 1. The Morgan fingerprint density at radius 3 is 2.74 bits per heavy atom. The number of halogens is 1. The SMILES string of the molecule is O=C(Nc1ccc2c(c1)OCCO2)c1csc(I)c1. The predicted molar refractivity (Wildman–Crippen MR) is 82.4 cm³/mol. The maximum absolute atomic E-state index is 12.0. The van der Waals surface area contributed by atoms with E-state index < -0.39 is 0 Å². The molecular weight excluding hydrogens is 377 g/mol. The van der Waals surface area contributed by atoms with E-state index in [4.69, 9.17) is 9.47 Å². The molecule has 0 saturated carbocycles. The number of nitrogens with one attached hydrogen (secondary N) is 1. The van der Waals surface area contributed by atoms with Gasteiger partial charge in [0.1, 0.15) is 13.2 Å². The second kappa shape index (κ2) is 5.38. The highest BCUT2D eigenvalue weighted by atomic mass is 127. The Labute approximate surface area is 127 Å². The van der Waals surface area contributed by atoms with Gasteiger partial charge in [-0.05, 0) is 40.8 Å². The molecule has 0 radical (unpaired) electrons. The second-order valence-corrected chi connectivity index (χ2v) is 6.76. The van der Waals surface area contributed by atoms with Crippen molar-refractivity contribution >= 4 is 45.5 Å². The number of ether oxygens (including phenoxy) is 2. The Kier molecular flexibility index (Phi) is 3.61. The van der Waals surface area contributed by atoms with Crippen LogP contribution in [0.1, 0.15) is 10.4 Å². The highest BCUT2D eigenvalue weighted by Crippen LogP contribution is 2.32. The highest BCUT2D eigenvalue weighted by Gasteiger charge is 2.13. The minimum atomic E-state index is -0.115. The molecule has 1 N–H and O–H groups in total. The standard InChI is InChI=1S/C13H10INO3S/c14-12-5-8(7-19-12)13(16)15-9-1-2-10-11(6-9)18-4-3-17-10/h1-2,5-7H,3-4H2,(H,15,16). The molecule has 3 rings (SSSR count). The Morgan fingerprint density at radius 1 is 1.21 bits per heavy atom. The quantitative estimate of drug-likeness (QED) is 0.804. The smallest absolute Gasteiger partial charge is 0.256 e. The molecular formula is C13H10INO3S. The first-order valence-corrected chi connectivity index (χ1v) is 7.63. The molecule has 2 aromatic rings. The number of carbonyl (C=O) groups is 1. The first-order chi connectivity index (χ1) is 9.22. The van der Waals surface area contributed by atoms with Gasteiger partial charge in [0.25, 0.3) is 5.91 Å². The second-order valence-electron chi connectivity index (χ2n) is 3.95. The first kappa shape index (κ1) is 12.7. The molecule has 1 aliphatic rings. The third kappa shape index (κ3) is 2.84. The van der Waals surface area contributed by atoms with E-state index in [2.05, 4.69) is 27.9 Å². The largest absolute Gasteiger partial charge is 0.486 e. The summed E-state index contributed by atoms with van der Waals surface area (Å²) < 4.78 is 12.0. The molecule has 0 atom stereocenters. The summed E-state index contributed by atoms with van der Waals surface area (Å²) in [5.41, 5.74) is 1.37. The van der Waals surface area contributed by atoms with Gasteiger partial charge in [-0.3, -0.25) is 4.79 Å². The van der Waals surface area contributed by atoms with Crippen LogP contribution >= 0.6 is 33.9 Å². The number of hydrogen-bond donors (Lipinski definition) is 1. The normalized spacial score (nSPS) is 13.1. The zero-order valence-corrected chi connectivity index (χ0v) is 12.8. The van der Waals surface area contributed by atoms with Gasteiger partial charge in [0.2, 0.25) is 0 Å². The van der Waals surface area contributed by atoms with Gasteiger partial charge in [-0.25, -0.2) is 0 Å². The van der Waals surface area contributed by atoms with E-state index in [1.54, 1.807) is 17.4 Å². The zero-order valence-electron chi connectivity index (χ0n) is 9.81. The molecule has 1 aromatic heterocycles. The van der Waals surface area contributed by atoms with Crippen molar-refractivity contribution in [2.75, 3.05) is 18.5 Å². The van der Waals surface area contributed by atoms with Crippen LogP contribution in [-0.2, 0) is 0 Å². The fourth-order valence-electron chi connectivity index (χ4n) is 1.75. The van der Waals surface area contributed by atoms with Crippen LogP contribution in [0.15, 0.2) is 29.6 Å². The Morgan fingerprint density at radius 2 is 2.00 bits per heavy atom. The molecule has 0 fully saturated rings. The number of rotatable bonds is 2. The van der Waals surface area contributed by atoms with Crippen LogP contribution in [0.5, 0.6) is 11.5 Å². The predicted octanol–water partition coefficient (Wildman–Crippen LogP) is 3.38. The number of amides is 1. The van der Waals surface area contributed by atoms with Crippen LogP contribution < -0.4 is 14.8 Å². The van der Waals surface area contributed by atoms with Crippen LogP contribution in [0.25, 0.3) is 0 Å². The van der Waals surface area contributed by atoms with Crippen molar-refractivity contribution in [3.8, 4) is 11.5 Å². The molecule has 0 bridgehead atoms. The van der Waals surface area contributed by atoms with E-state index >= 15 is 0 Å². The molecule has 6 heteroatoms. The van der Waals surface area contributed by atoms with Crippen molar-refractivity contribution in [1.29, 1.82) is 0 Å². The van der Waals surface area contributed by atoms with E-state index in [9.17, 15) is 4.79 Å². The monoisotopic (exact) mass is 387 g/mol. The van der Waals surface area contributed by atoms with Gasteiger partial charge >= 0.3 is 0 Å². The Bertz CT molecular complexity index is 626. The number of thiophene rings is 1. The molecule has 1 aromatic carbocycles. The summed E-state index contributed by atoms with van der Waals surface area (Å²) in [5.74, 6) is 1.27. The van der Waals surface area contributed by atoms with Crippen LogP contribution in [0, 0.1) is 2.88 Å². The lowest BCUT2D eigenvalue weighted by Crippen LogP contribution is -2.16. The van der Waals surface area contributed by atoms with Crippen molar-refractivity contribution < 1.29 is 14.3 Å². The molecule has 1 aliphatic heterocycles. The molecule has 19 heavy (non-hydrogen) atoms. The van der Waals surface area contributed by atoms with E-state index in [1.807, 2.05) is 23.6 Å². The molecule has 2 heterocycles. The average Bonchev–Trinajstić information content (AvgIpc) is 2.85. The van der Waals surface area contributed by atoms with E-state index in [-0.39, 0.29) is 5.91 Å². The highest BCUT2D eigenvalue weighted by molar-refractivity contribution is 14.1. The van der Waals surface area contributed by atoms with E-state index in [0.29, 0.717) is 36.0 Å². The topological polar surface area (TPSA) is 47.6 Å². The molecule has 0 saturated heterocycles. The maximum atomic E-state index is 12.0. The molecule has 1 amide bonds. The lowest BCUT2D eigenvalue weighted by Gasteiger charge is -2.18. The Balaban J connectivity index is 1.78. The summed E-state index contributed by atoms with van der Waals surface area (Å²) in [6.07, 6.45) is 0. The number of carbonyl (C=O) groups excluding carboxylic acids is 1. The minimum absolute atomic E-state index is 0.115. The number of hydrogen-bond acceptors (Lipinski definition) is 4. The molecule has 4 nitrogen and oxygen atoms in total. The summed E-state index contributed by atoms with van der Waals surface area (Å²) in [4.78, 5) is 12.0. The maximum Gasteiger partial charge on any atom is 0.256 e. The van der Waals surface area contributed by atoms with E-state index in [0.717, 1.165) is 2.88 Å². The third-order valence-electron chi connectivity index (χ3n) is 2.63. The minimum Gasteiger partial charge on any atom is -0.486 e. The Hall–Kier alpha value is -1.28. The van der Waals surface area contributed by atoms with Gasteiger partial charge in [0.15, 0.2) is 11.5 Å². The van der Waals surface area contributed by atoms with Crippen LogP contribution in [0.4, 0.5) is 5.69 Å². The summed E-state index contributed by atoms with van der Waals surface area (Å²) in [5, 5.41) is 4.69. The average molecular weight is 387 g/mol. The van der Waals surface area contributed by atoms with Gasteiger partial charge in [-0.15, -0.1) is 11.3 Å². The molecule has 98 valence electrons. The summed E-state index contributed by atoms with van der Waals surface area (Å²) in [6.45, 7) is 1.10. The van der Waals surface area contributed by atoms with Crippen LogP contribution in [0.3, 0.4) is 0 Å². The fraction of sp³-hybridized carbons (Fsp3) is 0.154.